The van der Waals surface area contributed by atoms with Crippen LogP contribution < -0.4 is 10.6 Å². The number of carbonyl (C=O) groups excluding carboxylic acids is 2. The van der Waals surface area contributed by atoms with Crippen molar-refractivity contribution in [1.29, 1.82) is 0 Å². The SMILES string of the molecule is CCCN(CC(=O)NCc1cccs1)CC(=O)Nc1ccc(Cl)cc1Cl. The zero-order valence-electron chi connectivity index (χ0n) is 14.4. The molecule has 2 aromatic rings. The molecule has 0 spiro atoms. The van der Waals surface area contributed by atoms with Gasteiger partial charge < -0.3 is 10.6 Å². The molecule has 2 rings (SSSR count). The summed E-state index contributed by atoms with van der Waals surface area (Å²) >= 11 is 13.5. The van der Waals surface area contributed by atoms with Crippen molar-refractivity contribution in [2.75, 3.05) is 25.0 Å². The Morgan fingerprint density at radius 3 is 2.58 bits per heavy atom. The van der Waals surface area contributed by atoms with Gasteiger partial charge in [-0.15, -0.1) is 11.3 Å². The van der Waals surface area contributed by atoms with Gasteiger partial charge in [-0.25, -0.2) is 0 Å². The van der Waals surface area contributed by atoms with Crippen molar-refractivity contribution in [3.63, 3.8) is 0 Å². The van der Waals surface area contributed by atoms with Gasteiger partial charge in [-0.05, 0) is 42.6 Å². The first-order valence-electron chi connectivity index (χ1n) is 8.24. The summed E-state index contributed by atoms with van der Waals surface area (Å²) in [5.41, 5.74) is 0.500. The lowest BCUT2D eigenvalue weighted by Crippen LogP contribution is -2.41. The highest BCUT2D eigenvalue weighted by molar-refractivity contribution is 7.09. The van der Waals surface area contributed by atoms with E-state index >= 15 is 0 Å². The number of nitrogens with zero attached hydrogens (tertiary/aromatic N) is 1. The fourth-order valence-electron chi connectivity index (χ4n) is 2.37. The number of benzene rings is 1. The van der Waals surface area contributed by atoms with E-state index in [9.17, 15) is 9.59 Å². The predicted molar refractivity (Wildman–Crippen MR) is 108 cm³/mol. The van der Waals surface area contributed by atoms with Crippen LogP contribution in [0, 0.1) is 0 Å². The molecule has 0 fully saturated rings. The number of nitrogens with one attached hydrogen (secondary N) is 2. The molecule has 0 aliphatic rings. The Bertz CT molecular complexity index is 738. The second-order valence-corrected chi connectivity index (χ2v) is 7.61. The zero-order valence-corrected chi connectivity index (χ0v) is 16.8. The standard InChI is InChI=1S/C18H21Cl2N3O2S/c1-2-7-23(11-17(24)21-10-14-4-3-8-26-14)12-18(25)22-16-6-5-13(19)9-15(16)20/h3-6,8-9H,2,7,10-12H2,1H3,(H,21,24)(H,22,25). The minimum atomic E-state index is -0.228. The van der Waals surface area contributed by atoms with Crippen molar-refractivity contribution in [2.24, 2.45) is 0 Å². The molecule has 1 aromatic heterocycles. The van der Waals surface area contributed by atoms with E-state index in [4.69, 9.17) is 23.2 Å². The summed E-state index contributed by atoms with van der Waals surface area (Å²) < 4.78 is 0. The van der Waals surface area contributed by atoms with Gasteiger partial charge in [-0.2, -0.15) is 0 Å². The number of anilines is 1. The van der Waals surface area contributed by atoms with E-state index in [0.29, 0.717) is 28.8 Å². The van der Waals surface area contributed by atoms with Crippen LogP contribution in [0.1, 0.15) is 18.2 Å². The molecule has 0 bridgehead atoms. The van der Waals surface area contributed by atoms with Gasteiger partial charge in [0.1, 0.15) is 0 Å². The Labute approximate surface area is 167 Å². The molecule has 0 aliphatic carbocycles. The molecule has 140 valence electrons. The van der Waals surface area contributed by atoms with Crippen LogP contribution in [0.4, 0.5) is 5.69 Å². The highest BCUT2D eigenvalue weighted by Crippen LogP contribution is 2.25. The largest absolute Gasteiger partial charge is 0.350 e. The van der Waals surface area contributed by atoms with E-state index in [1.165, 1.54) is 0 Å². The molecule has 0 saturated carbocycles. The topological polar surface area (TPSA) is 61.4 Å². The molecule has 0 unspecified atom stereocenters. The number of hydrogen-bond donors (Lipinski definition) is 2. The third-order valence-electron chi connectivity index (χ3n) is 3.52. The third-order valence-corrected chi connectivity index (χ3v) is 4.94. The molecule has 1 aromatic carbocycles. The Kier molecular flexibility index (Phi) is 8.38. The molecule has 0 atom stereocenters. The van der Waals surface area contributed by atoms with Crippen molar-refractivity contribution >= 4 is 52.0 Å². The van der Waals surface area contributed by atoms with Crippen LogP contribution in [0.15, 0.2) is 35.7 Å². The Morgan fingerprint density at radius 1 is 1.15 bits per heavy atom. The minimum absolute atomic E-state index is 0.107. The smallest absolute Gasteiger partial charge is 0.238 e. The Morgan fingerprint density at radius 2 is 1.92 bits per heavy atom. The minimum Gasteiger partial charge on any atom is -0.350 e. The van der Waals surface area contributed by atoms with Gasteiger partial charge in [0.05, 0.1) is 30.3 Å². The average Bonchev–Trinajstić information content (AvgIpc) is 3.09. The highest BCUT2D eigenvalue weighted by Gasteiger charge is 2.15. The maximum absolute atomic E-state index is 12.3. The average molecular weight is 414 g/mol. The van der Waals surface area contributed by atoms with Crippen molar-refractivity contribution < 1.29 is 9.59 Å². The van der Waals surface area contributed by atoms with Gasteiger partial charge in [0.2, 0.25) is 11.8 Å². The summed E-state index contributed by atoms with van der Waals surface area (Å²) in [4.78, 5) is 27.3. The second-order valence-electron chi connectivity index (χ2n) is 5.74. The van der Waals surface area contributed by atoms with Crippen LogP contribution in [-0.2, 0) is 16.1 Å². The van der Waals surface area contributed by atoms with E-state index in [-0.39, 0.29) is 24.9 Å². The summed E-state index contributed by atoms with van der Waals surface area (Å²) in [7, 11) is 0. The lowest BCUT2D eigenvalue weighted by atomic mass is 10.3. The zero-order chi connectivity index (χ0) is 18.9. The lowest BCUT2D eigenvalue weighted by molar-refractivity contribution is -0.123. The van der Waals surface area contributed by atoms with Crippen molar-refractivity contribution in [3.8, 4) is 0 Å². The van der Waals surface area contributed by atoms with Gasteiger partial charge in [-0.1, -0.05) is 36.2 Å². The molecule has 2 N–H and O–H groups in total. The quantitative estimate of drug-likeness (QED) is 0.652. The molecule has 0 radical (unpaired) electrons. The third kappa shape index (κ3) is 6.96. The van der Waals surface area contributed by atoms with Gasteiger partial charge in [0.25, 0.3) is 0 Å². The fraction of sp³-hybridized carbons (Fsp3) is 0.333. The van der Waals surface area contributed by atoms with Gasteiger partial charge in [-0.3, -0.25) is 14.5 Å². The number of halogens is 2. The number of amides is 2. The first kappa shape index (κ1) is 20.7. The molecule has 26 heavy (non-hydrogen) atoms. The van der Waals surface area contributed by atoms with Crippen LogP contribution in [0.2, 0.25) is 10.0 Å². The number of thiophene rings is 1. The Balaban J connectivity index is 1.85. The van der Waals surface area contributed by atoms with Gasteiger partial charge in [0, 0.05) is 9.90 Å². The molecular formula is C18H21Cl2N3O2S. The second kappa shape index (κ2) is 10.5. The van der Waals surface area contributed by atoms with Gasteiger partial charge >= 0.3 is 0 Å². The first-order valence-corrected chi connectivity index (χ1v) is 9.88. The van der Waals surface area contributed by atoms with E-state index in [1.807, 2.05) is 29.3 Å². The summed E-state index contributed by atoms with van der Waals surface area (Å²) in [6.07, 6.45) is 0.840. The molecule has 0 saturated heterocycles. The van der Waals surface area contributed by atoms with E-state index < -0.39 is 0 Å². The summed E-state index contributed by atoms with van der Waals surface area (Å²) in [6.45, 7) is 3.43. The van der Waals surface area contributed by atoms with Crippen molar-refractivity contribution in [1.82, 2.24) is 10.2 Å². The van der Waals surface area contributed by atoms with Gasteiger partial charge in [0.15, 0.2) is 0 Å². The van der Waals surface area contributed by atoms with Crippen LogP contribution in [0.25, 0.3) is 0 Å². The normalized spacial score (nSPS) is 10.8. The number of carbonyl (C=O) groups is 2. The summed E-state index contributed by atoms with van der Waals surface area (Å²) in [6, 6.07) is 8.80. The molecule has 2 amide bonds. The maximum Gasteiger partial charge on any atom is 0.238 e. The first-order chi connectivity index (χ1) is 12.5. The van der Waals surface area contributed by atoms with E-state index in [2.05, 4.69) is 10.6 Å². The molecule has 8 heteroatoms. The molecular weight excluding hydrogens is 393 g/mol. The maximum atomic E-state index is 12.3. The fourth-order valence-corrected chi connectivity index (χ4v) is 3.47. The molecule has 0 aliphatic heterocycles. The molecule has 5 nitrogen and oxygen atoms in total. The number of rotatable bonds is 9. The van der Waals surface area contributed by atoms with Crippen LogP contribution in [0.5, 0.6) is 0 Å². The summed E-state index contributed by atoms with van der Waals surface area (Å²) in [5.74, 6) is -0.335. The van der Waals surface area contributed by atoms with Crippen LogP contribution >= 0.6 is 34.5 Å². The van der Waals surface area contributed by atoms with E-state index in [1.54, 1.807) is 29.5 Å². The van der Waals surface area contributed by atoms with E-state index in [0.717, 1.165) is 11.3 Å². The lowest BCUT2D eigenvalue weighted by Gasteiger charge is -2.20. The van der Waals surface area contributed by atoms with Crippen molar-refractivity contribution in [3.05, 3.63) is 50.6 Å². The summed E-state index contributed by atoms with van der Waals surface area (Å²) in [5, 5.41) is 8.48. The monoisotopic (exact) mass is 413 g/mol. The molecule has 1 heterocycles. The number of hydrogen-bond acceptors (Lipinski definition) is 4. The Hall–Kier alpha value is -1.60. The van der Waals surface area contributed by atoms with Crippen molar-refractivity contribution in [2.45, 2.75) is 19.9 Å². The predicted octanol–water partition coefficient (Wildman–Crippen LogP) is 4.02. The van der Waals surface area contributed by atoms with Crippen LogP contribution in [0.3, 0.4) is 0 Å². The highest BCUT2D eigenvalue weighted by atomic mass is 35.5. The van der Waals surface area contributed by atoms with Crippen LogP contribution in [-0.4, -0.2) is 36.3 Å².